The summed E-state index contributed by atoms with van der Waals surface area (Å²) in [5.74, 6) is -0.671. The number of carbonyl (C=O) groups is 1. The molecule has 1 aromatic rings. The lowest BCUT2D eigenvalue weighted by Crippen LogP contribution is -2.11. The van der Waals surface area contributed by atoms with Crippen molar-refractivity contribution in [1.29, 1.82) is 0 Å². The Morgan fingerprint density at radius 1 is 1.19 bits per heavy atom. The Kier molecular flexibility index (Phi) is 5.67. The van der Waals surface area contributed by atoms with E-state index < -0.39 is 12.1 Å². The Morgan fingerprint density at radius 3 is 2.67 bits per heavy atom. The summed E-state index contributed by atoms with van der Waals surface area (Å²) in [6.07, 6.45) is 4.43. The monoisotopic (exact) mass is 290 g/mol. The molecule has 114 valence electrons. The van der Waals surface area contributed by atoms with Gasteiger partial charge in [0.2, 0.25) is 5.76 Å². The Labute approximate surface area is 125 Å². The van der Waals surface area contributed by atoms with Gasteiger partial charge < -0.3 is 14.6 Å². The maximum absolute atomic E-state index is 11.7. The van der Waals surface area contributed by atoms with Crippen molar-refractivity contribution >= 4 is 5.97 Å². The van der Waals surface area contributed by atoms with Gasteiger partial charge in [0.05, 0.1) is 0 Å². The van der Waals surface area contributed by atoms with Gasteiger partial charge in [0.1, 0.15) is 6.61 Å². The van der Waals surface area contributed by atoms with E-state index in [9.17, 15) is 9.90 Å². The zero-order valence-electron chi connectivity index (χ0n) is 12.4. The van der Waals surface area contributed by atoms with E-state index in [4.69, 9.17) is 9.47 Å². The highest BCUT2D eigenvalue weighted by atomic mass is 16.6. The van der Waals surface area contributed by atoms with E-state index in [2.05, 4.69) is 6.92 Å². The topological polar surface area (TPSA) is 55.8 Å². The maximum Gasteiger partial charge on any atom is 0.378 e. The van der Waals surface area contributed by atoms with Crippen LogP contribution in [0, 0.1) is 0 Å². The molecule has 1 aliphatic heterocycles. The van der Waals surface area contributed by atoms with Gasteiger partial charge in [0, 0.05) is 0 Å². The summed E-state index contributed by atoms with van der Waals surface area (Å²) in [6.45, 7) is 2.39. The number of cyclic esters (lactones) is 1. The first-order valence-electron chi connectivity index (χ1n) is 7.53. The van der Waals surface area contributed by atoms with E-state index in [-0.39, 0.29) is 18.1 Å². The fourth-order valence-electron chi connectivity index (χ4n) is 2.30. The maximum atomic E-state index is 11.7. The van der Waals surface area contributed by atoms with Crippen LogP contribution in [0.2, 0.25) is 0 Å². The van der Waals surface area contributed by atoms with Gasteiger partial charge in [-0.15, -0.1) is 0 Å². The van der Waals surface area contributed by atoms with Crippen LogP contribution < -0.4 is 0 Å². The van der Waals surface area contributed by atoms with Crippen LogP contribution in [-0.4, -0.2) is 17.2 Å². The number of aliphatic hydroxyl groups is 1. The van der Waals surface area contributed by atoms with Crippen LogP contribution in [0.25, 0.3) is 0 Å². The van der Waals surface area contributed by atoms with Gasteiger partial charge in [-0.05, 0) is 18.4 Å². The lowest BCUT2D eigenvalue weighted by molar-refractivity contribution is -0.143. The van der Waals surface area contributed by atoms with E-state index in [0.29, 0.717) is 6.42 Å². The second-order valence-electron chi connectivity index (χ2n) is 5.23. The SMILES string of the molecule is CCCCCC[C@H]1OC(=O)C(OCc2ccccc2)=C1O. The molecular weight excluding hydrogens is 268 g/mol. The third-order valence-electron chi connectivity index (χ3n) is 3.52. The fourth-order valence-corrected chi connectivity index (χ4v) is 2.30. The first-order chi connectivity index (χ1) is 10.2. The van der Waals surface area contributed by atoms with Crippen molar-refractivity contribution in [1.82, 2.24) is 0 Å². The number of ether oxygens (including phenoxy) is 2. The Morgan fingerprint density at radius 2 is 1.95 bits per heavy atom. The quantitative estimate of drug-likeness (QED) is 0.583. The number of unbranched alkanes of at least 4 members (excludes halogenated alkanes) is 3. The molecule has 0 unspecified atom stereocenters. The van der Waals surface area contributed by atoms with Gasteiger partial charge in [0.15, 0.2) is 11.9 Å². The van der Waals surface area contributed by atoms with Crippen molar-refractivity contribution in [2.45, 2.75) is 51.7 Å². The van der Waals surface area contributed by atoms with Gasteiger partial charge in [0.25, 0.3) is 0 Å². The lowest BCUT2D eigenvalue weighted by atomic mass is 10.1. The van der Waals surface area contributed by atoms with Crippen LogP contribution in [-0.2, 0) is 20.9 Å². The van der Waals surface area contributed by atoms with Gasteiger partial charge in [-0.3, -0.25) is 0 Å². The van der Waals surface area contributed by atoms with E-state index in [1.54, 1.807) is 0 Å². The summed E-state index contributed by atoms with van der Waals surface area (Å²) in [5, 5.41) is 10.1. The summed E-state index contributed by atoms with van der Waals surface area (Å²) in [5.41, 5.74) is 0.942. The summed E-state index contributed by atoms with van der Waals surface area (Å²) in [4.78, 5) is 11.7. The largest absolute Gasteiger partial charge is 0.505 e. The number of rotatable bonds is 8. The molecule has 4 nitrogen and oxygen atoms in total. The van der Waals surface area contributed by atoms with Crippen LogP contribution in [0.5, 0.6) is 0 Å². The number of aliphatic hydroxyl groups excluding tert-OH is 1. The average molecular weight is 290 g/mol. The first-order valence-corrected chi connectivity index (χ1v) is 7.53. The number of benzene rings is 1. The first kappa shape index (κ1) is 15.4. The molecule has 1 heterocycles. The van der Waals surface area contributed by atoms with Crippen molar-refractivity contribution < 1.29 is 19.4 Å². The van der Waals surface area contributed by atoms with Gasteiger partial charge >= 0.3 is 5.97 Å². The zero-order chi connectivity index (χ0) is 15.1. The average Bonchev–Trinajstić information content (AvgIpc) is 2.77. The summed E-state index contributed by atoms with van der Waals surface area (Å²) < 4.78 is 10.6. The molecule has 0 bridgehead atoms. The van der Waals surface area contributed by atoms with Crippen molar-refractivity contribution in [3.63, 3.8) is 0 Å². The van der Waals surface area contributed by atoms with Gasteiger partial charge in [-0.2, -0.15) is 0 Å². The van der Waals surface area contributed by atoms with Crippen LogP contribution in [0.4, 0.5) is 0 Å². The molecule has 0 aromatic heterocycles. The standard InChI is InChI=1S/C17H22O4/c1-2-3-4-8-11-14-15(18)16(17(19)21-14)20-12-13-9-6-5-7-10-13/h5-7,9-10,14,18H,2-4,8,11-12H2,1H3/t14-/m1/s1. The van der Waals surface area contributed by atoms with E-state index in [0.717, 1.165) is 31.2 Å². The molecule has 2 rings (SSSR count). The molecule has 1 aliphatic rings. The molecule has 0 fully saturated rings. The summed E-state index contributed by atoms with van der Waals surface area (Å²) in [7, 11) is 0. The Balaban J connectivity index is 1.88. The summed E-state index contributed by atoms with van der Waals surface area (Å²) in [6, 6.07) is 9.52. The predicted molar refractivity (Wildman–Crippen MR) is 79.5 cm³/mol. The highest BCUT2D eigenvalue weighted by Gasteiger charge is 2.35. The normalized spacial score (nSPS) is 18.0. The second-order valence-corrected chi connectivity index (χ2v) is 5.23. The van der Waals surface area contributed by atoms with Crippen molar-refractivity contribution in [2.75, 3.05) is 0 Å². The molecule has 21 heavy (non-hydrogen) atoms. The summed E-state index contributed by atoms with van der Waals surface area (Å²) >= 11 is 0. The molecule has 1 aromatic carbocycles. The Hall–Kier alpha value is -1.97. The molecule has 0 spiro atoms. The van der Waals surface area contributed by atoms with Crippen LogP contribution in [0.3, 0.4) is 0 Å². The van der Waals surface area contributed by atoms with Crippen LogP contribution in [0.15, 0.2) is 41.9 Å². The molecule has 0 saturated carbocycles. The number of hydrogen-bond acceptors (Lipinski definition) is 4. The second kappa shape index (κ2) is 7.72. The molecule has 0 radical (unpaired) electrons. The number of esters is 1. The van der Waals surface area contributed by atoms with Gasteiger partial charge in [-0.25, -0.2) is 4.79 Å². The van der Waals surface area contributed by atoms with E-state index >= 15 is 0 Å². The van der Waals surface area contributed by atoms with Gasteiger partial charge in [-0.1, -0.05) is 56.5 Å². The highest BCUT2D eigenvalue weighted by Crippen LogP contribution is 2.26. The third-order valence-corrected chi connectivity index (χ3v) is 3.52. The smallest absolute Gasteiger partial charge is 0.378 e. The third kappa shape index (κ3) is 4.25. The molecule has 4 heteroatoms. The lowest BCUT2D eigenvalue weighted by Gasteiger charge is -2.08. The molecule has 0 aliphatic carbocycles. The molecule has 0 amide bonds. The zero-order valence-corrected chi connectivity index (χ0v) is 12.4. The number of carbonyl (C=O) groups excluding carboxylic acids is 1. The fraction of sp³-hybridized carbons (Fsp3) is 0.471. The minimum absolute atomic E-state index is 0.0423. The minimum atomic E-state index is -0.566. The highest BCUT2D eigenvalue weighted by molar-refractivity contribution is 5.89. The van der Waals surface area contributed by atoms with E-state index in [1.807, 2.05) is 30.3 Å². The minimum Gasteiger partial charge on any atom is -0.505 e. The van der Waals surface area contributed by atoms with Crippen molar-refractivity contribution in [2.24, 2.45) is 0 Å². The van der Waals surface area contributed by atoms with Crippen LogP contribution >= 0.6 is 0 Å². The molecule has 1 N–H and O–H groups in total. The van der Waals surface area contributed by atoms with Crippen molar-refractivity contribution in [3.05, 3.63) is 47.4 Å². The van der Waals surface area contributed by atoms with E-state index in [1.165, 1.54) is 0 Å². The predicted octanol–water partition coefficient (Wildman–Crippen LogP) is 3.87. The van der Waals surface area contributed by atoms with Crippen molar-refractivity contribution in [3.8, 4) is 0 Å². The number of hydrogen-bond donors (Lipinski definition) is 1. The van der Waals surface area contributed by atoms with Crippen LogP contribution in [0.1, 0.15) is 44.6 Å². The molecule has 1 atom stereocenters. The Bertz CT molecular complexity index is 493. The molecular formula is C17H22O4. The molecule has 0 saturated heterocycles.